The summed E-state index contributed by atoms with van der Waals surface area (Å²) in [6.45, 7) is 0.615. The molecule has 0 aromatic heterocycles. The van der Waals surface area contributed by atoms with Crippen LogP contribution in [-0.2, 0) is 4.79 Å². The van der Waals surface area contributed by atoms with E-state index in [9.17, 15) is 9.18 Å². The number of amides is 1. The van der Waals surface area contributed by atoms with Crippen molar-refractivity contribution in [1.29, 1.82) is 0 Å². The molecule has 2 rings (SSSR count). The summed E-state index contributed by atoms with van der Waals surface area (Å²) < 4.78 is 13.7. The second-order valence-corrected chi connectivity index (χ2v) is 4.99. The molecule has 1 heterocycles. The Labute approximate surface area is 107 Å². The van der Waals surface area contributed by atoms with E-state index in [4.69, 9.17) is 0 Å². The third-order valence-corrected chi connectivity index (χ3v) is 3.99. The lowest BCUT2D eigenvalue weighted by molar-refractivity contribution is -0.117. The van der Waals surface area contributed by atoms with Crippen molar-refractivity contribution in [1.82, 2.24) is 0 Å². The van der Waals surface area contributed by atoms with Crippen LogP contribution in [0, 0.1) is 11.7 Å². The van der Waals surface area contributed by atoms with Crippen LogP contribution in [0.25, 0.3) is 0 Å². The SMILES string of the molecule is O=C1CC(CS)CN1c1cccc(F)c1Br. The standard InChI is InChI=1S/C11H11BrFNOS/c12-11-8(13)2-1-3-9(11)14-5-7(6-16)4-10(14)15/h1-3,7,16H,4-6H2. The minimum absolute atomic E-state index is 0.0327. The Hall–Kier alpha value is -0.550. The third kappa shape index (κ3) is 2.11. The summed E-state index contributed by atoms with van der Waals surface area (Å²) >= 11 is 7.36. The van der Waals surface area contributed by atoms with Gasteiger partial charge in [0.2, 0.25) is 5.91 Å². The fourth-order valence-corrected chi connectivity index (χ4v) is 2.56. The zero-order valence-electron chi connectivity index (χ0n) is 8.49. The van der Waals surface area contributed by atoms with Gasteiger partial charge in [-0.3, -0.25) is 4.79 Å². The Morgan fingerprint density at radius 3 is 2.94 bits per heavy atom. The largest absolute Gasteiger partial charge is 0.311 e. The van der Waals surface area contributed by atoms with E-state index < -0.39 is 0 Å². The Morgan fingerprint density at radius 2 is 2.31 bits per heavy atom. The van der Waals surface area contributed by atoms with Gasteiger partial charge in [-0.25, -0.2) is 4.39 Å². The molecule has 0 saturated carbocycles. The van der Waals surface area contributed by atoms with Gasteiger partial charge in [0.05, 0.1) is 10.2 Å². The highest BCUT2D eigenvalue weighted by Crippen LogP contribution is 2.33. The molecule has 0 aliphatic carbocycles. The van der Waals surface area contributed by atoms with E-state index in [1.807, 2.05) is 0 Å². The van der Waals surface area contributed by atoms with Crippen molar-refractivity contribution < 1.29 is 9.18 Å². The van der Waals surface area contributed by atoms with Gasteiger partial charge in [0.15, 0.2) is 0 Å². The number of anilines is 1. The number of hydrogen-bond acceptors (Lipinski definition) is 2. The highest BCUT2D eigenvalue weighted by atomic mass is 79.9. The van der Waals surface area contributed by atoms with Gasteiger partial charge in [-0.15, -0.1) is 0 Å². The molecule has 1 amide bonds. The summed E-state index contributed by atoms with van der Waals surface area (Å²) in [5.74, 6) is 0.616. The molecule has 16 heavy (non-hydrogen) atoms. The molecule has 1 aliphatic heterocycles. The zero-order chi connectivity index (χ0) is 11.7. The van der Waals surface area contributed by atoms with E-state index in [0.717, 1.165) is 0 Å². The third-order valence-electron chi connectivity index (χ3n) is 2.69. The summed E-state index contributed by atoms with van der Waals surface area (Å²) in [5.41, 5.74) is 0.606. The lowest BCUT2D eigenvalue weighted by atomic mass is 10.1. The van der Waals surface area contributed by atoms with Gasteiger partial charge in [0.25, 0.3) is 0 Å². The number of hydrogen-bond donors (Lipinski definition) is 1. The molecular weight excluding hydrogens is 293 g/mol. The van der Waals surface area contributed by atoms with Crippen molar-refractivity contribution in [2.75, 3.05) is 17.2 Å². The van der Waals surface area contributed by atoms with E-state index >= 15 is 0 Å². The Balaban J connectivity index is 2.31. The normalized spacial score (nSPS) is 20.6. The number of nitrogens with zero attached hydrogens (tertiary/aromatic N) is 1. The van der Waals surface area contributed by atoms with E-state index in [0.29, 0.717) is 28.9 Å². The minimum atomic E-state index is -0.348. The summed E-state index contributed by atoms with van der Waals surface area (Å²) in [5, 5.41) is 0. The molecular formula is C11H11BrFNOS. The maximum atomic E-state index is 13.3. The quantitative estimate of drug-likeness (QED) is 0.833. The molecule has 0 spiro atoms. The highest BCUT2D eigenvalue weighted by Gasteiger charge is 2.31. The molecule has 2 nitrogen and oxygen atoms in total. The molecule has 1 aromatic rings. The molecule has 1 atom stereocenters. The summed E-state index contributed by atoms with van der Waals surface area (Å²) in [7, 11) is 0. The maximum Gasteiger partial charge on any atom is 0.227 e. The molecule has 1 fully saturated rings. The fourth-order valence-electron chi connectivity index (χ4n) is 1.84. The molecule has 1 aromatic carbocycles. The van der Waals surface area contributed by atoms with E-state index in [-0.39, 0.29) is 17.6 Å². The van der Waals surface area contributed by atoms with Crippen LogP contribution in [0.1, 0.15) is 6.42 Å². The van der Waals surface area contributed by atoms with Gasteiger partial charge in [0.1, 0.15) is 5.82 Å². The lowest BCUT2D eigenvalue weighted by Gasteiger charge is -2.18. The predicted octanol–water partition coefficient (Wildman–Crippen LogP) is 2.87. The molecule has 0 radical (unpaired) electrons. The Kier molecular flexibility index (Phi) is 3.54. The average Bonchev–Trinajstić information content (AvgIpc) is 2.64. The fraction of sp³-hybridized carbons (Fsp3) is 0.364. The van der Waals surface area contributed by atoms with Gasteiger partial charge >= 0.3 is 0 Å². The Morgan fingerprint density at radius 1 is 1.56 bits per heavy atom. The van der Waals surface area contributed by atoms with Crippen molar-refractivity contribution in [3.8, 4) is 0 Å². The molecule has 0 bridgehead atoms. The maximum absolute atomic E-state index is 13.3. The van der Waals surface area contributed by atoms with Crippen molar-refractivity contribution in [3.63, 3.8) is 0 Å². The first kappa shape index (κ1) is 11.9. The molecule has 86 valence electrons. The van der Waals surface area contributed by atoms with Crippen LogP contribution in [0.5, 0.6) is 0 Å². The van der Waals surface area contributed by atoms with Gasteiger partial charge < -0.3 is 4.90 Å². The number of carbonyl (C=O) groups is 1. The van der Waals surface area contributed by atoms with Crippen LogP contribution in [0.3, 0.4) is 0 Å². The molecule has 0 N–H and O–H groups in total. The molecule has 1 aliphatic rings. The monoisotopic (exact) mass is 303 g/mol. The predicted molar refractivity (Wildman–Crippen MR) is 68.4 cm³/mol. The number of carbonyl (C=O) groups excluding carboxylic acids is 1. The van der Waals surface area contributed by atoms with Crippen molar-refractivity contribution in [2.24, 2.45) is 5.92 Å². The second kappa shape index (κ2) is 4.75. The van der Waals surface area contributed by atoms with Crippen molar-refractivity contribution in [2.45, 2.75) is 6.42 Å². The summed E-state index contributed by atoms with van der Waals surface area (Å²) in [4.78, 5) is 13.4. The first-order valence-electron chi connectivity index (χ1n) is 4.98. The topological polar surface area (TPSA) is 20.3 Å². The van der Waals surface area contributed by atoms with E-state index in [1.54, 1.807) is 17.0 Å². The van der Waals surface area contributed by atoms with Crippen LogP contribution in [0.15, 0.2) is 22.7 Å². The van der Waals surface area contributed by atoms with Gasteiger partial charge in [-0.1, -0.05) is 6.07 Å². The first-order valence-corrected chi connectivity index (χ1v) is 6.41. The number of halogens is 2. The number of rotatable bonds is 2. The minimum Gasteiger partial charge on any atom is -0.311 e. The Bertz CT molecular complexity index is 426. The van der Waals surface area contributed by atoms with E-state index in [2.05, 4.69) is 28.6 Å². The van der Waals surface area contributed by atoms with Crippen molar-refractivity contribution in [3.05, 3.63) is 28.5 Å². The molecule has 1 saturated heterocycles. The van der Waals surface area contributed by atoms with Crippen molar-refractivity contribution >= 4 is 40.2 Å². The first-order chi connectivity index (χ1) is 7.63. The highest BCUT2D eigenvalue weighted by molar-refractivity contribution is 9.10. The second-order valence-electron chi connectivity index (χ2n) is 3.83. The smallest absolute Gasteiger partial charge is 0.227 e. The van der Waals surface area contributed by atoms with Crippen LogP contribution < -0.4 is 4.90 Å². The van der Waals surface area contributed by atoms with Gasteiger partial charge in [-0.05, 0) is 39.7 Å². The summed E-state index contributed by atoms with van der Waals surface area (Å²) in [6, 6.07) is 4.72. The number of benzene rings is 1. The van der Waals surface area contributed by atoms with Crippen LogP contribution >= 0.6 is 28.6 Å². The summed E-state index contributed by atoms with van der Waals surface area (Å²) in [6.07, 6.45) is 0.493. The molecule has 1 unspecified atom stereocenters. The van der Waals surface area contributed by atoms with Crippen LogP contribution in [-0.4, -0.2) is 18.2 Å². The van der Waals surface area contributed by atoms with E-state index in [1.165, 1.54) is 6.07 Å². The zero-order valence-corrected chi connectivity index (χ0v) is 11.0. The van der Waals surface area contributed by atoms with Crippen LogP contribution in [0.4, 0.5) is 10.1 Å². The van der Waals surface area contributed by atoms with Crippen LogP contribution in [0.2, 0.25) is 0 Å². The van der Waals surface area contributed by atoms with Gasteiger partial charge in [0, 0.05) is 13.0 Å². The number of thiol groups is 1. The lowest BCUT2D eigenvalue weighted by Crippen LogP contribution is -2.25. The van der Waals surface area contributed by atoms with Gasteiger partial charge in [-0.2, -0.15) is 12.6 Å². The molecule has 5 heteroatoms. The average molecular weight is 304 g/mol.